The molecule has 0 aliphatic carbocycles. The van der Waals surface area contributed by atoms with E-state index in [0.717, 1.165) is 21.8 Å². The zero-order valence-corrected chi connectivity index (χ0v) is 21.3. The third kappa shape index (κ3) is 8.02. The highest BCUT2D eigenvalue weighted by Crippen LogP contribution is 2.24. The first-order valence-electron chi connectivity index (χ1n) is 11.5. The van der Waals surface area contributed by atoms with Crippen molar-refractivity contribution in [1.82, 2.24) is 4.98 Å². The highest BCUT2D eigenvalue weighted by atomic mass is 32.1. The molecule has 2 rings (SSSR count). The van der Waals surface area contributed by atoms with Gasteiger partial charge in [-0.15, -0.1) is 11.3 Å². The van der Waals surface area contributed by atoms with Crippen molar-refractivity contribution in [2.75, 3.05) is 0 Å². The van der Waals surface area contributed by atoms with Gasteiger partial charge in [-0.1, -0.05) is 44.6 Å². The van der Waals surface area contributed by atoms with Gasteiger partial charge in [0.2, 0.25) is 0 Å². The van der Waals surface area contributed by atoms with Crippen LogP contribution in [-0.2, 0) is 14.3 Å². The van der Waals surface area contributed by atoms with Gasteiger partial charge in [-0.3, -0.25) is 9.59 Å². The van der Waals surface area contributed by atoms with E-state index in [4.69, 9.17) is 4.74 Å². The van der Waals surface area contributed by atoms with Crippen molar-refractivity contribution >= 4 is 29.2 Å². The van der Waals surface area contributed by atoms with Crippen LogP contribution in [0.25, 0.3) is 6.08 Å². The second-order valence-corrected chi connectivity index (χ2v) is 10.3. The lowest BCUT2D eigenvalue weighted by Crippen LogP contribution is -2.38. The lowest BCUT2D eigenvalue weighted by molar-refractivity contribution is -0.151. The van der Waals surface area contributed by atoms with Gasteiger partial charge in [0.25, 0.3) is 0 Å². The summed E-state index contributed by atoms with van der Waals surface area (Å²) in [6, 6.07) is 0. The van der Waals surface area contributed by atoms with Crippen molar-refractivity contribution in [3.63, 3.8) is 0 Å². The number of nitrogens with zero attached hydrogens (tertiary/aromatic N) is 1. The molecule has 0 radical (unpaired) electrons. The number of ether oxygens (including phenoxy) is 1. The van der Waals surface area contributed by atoms with Gasteiger partial charge in [-0.2, -0.15) is 0 Å². The van der Waals surface area contributed by atoms with Gasteiger partial charge in [-0.05, 0) is 44.8 Å². The molecule has 1 aliphatic heterocycles. The molecular weight excluding hydrogens is 438 g/mol. The highest BCUT2D eigenvalue weighted by Gasteiger charge is 2.33. The summed E-state index contributed by atoms with van der Waals surface area (Å²) >= 11 is 1.55. The Bertz CT molecular complexity index is 916. The summed E-state index contributed by atoms with van der Waals surface area (Å²) in [6.07, 6.45) is 6.20. The molecule has 0 aromatic carbocycles. The molecule has 0 bridgehead atoms. The molecule has 0 saturated carbocycles. The number of Topliss-reactive ketones (excluding diaryl/α,β-unsaturated/α-hetero) is 1. The van der Waals surface area contributed by atoms with E-state index in [9.17, 15) is 19.8 Å². The molecule has 1 unspecified atom stereocenters. The number of hydrogen-bond acceptors (Lipinski definition) is 7. The van der Waals surface area contributed by atoms with Crippen LogP contribution in [0, 0.1) is 24.7 Å². The SMILES string of the molecule is C/C1=C/C[C@@H](/C(C)=C/c2csc(C)n2)OC(=O)C[C@H](O)C(C)C(=O)[C@H](C)[C@@H](O)[C@@H](C)CC=C1. The average molecular weight is 476 g/mol. The Hall–Kier alpha value is -2.09. The lowest BCUT2D eigenvalue weighted by Gasteiger charge is -2.27. The molecule has 6 atom stereocenters. The van der Waals surface area contributed by atoms with Crippen LogP contribution >= 0.6 is 11.3 Å². The average Bonchev–Trinajstić information content (AvgIpc) is 3.17. The van der Waals surface area contributed by atoms with Gasteiger partial charge in [0.05, 0.1) is 29.3 Å². The Kier molecular flexibility index (Phi) is 10.2. The van der Waals surface area contributed by atoms with Gasteiger partial charge in [-0.25, -0.2) is 4.98 Å². The van der Waals surface area contributed by atoms with Crippen LogP contribution in [0.1, 0.15) is 64.6 Å². The van der Waals surface area contributed by atoms with Crippen molar-refractivity contribution in [2.45, 2.75) is 79.1 Å². The van der Waals surface area contributed by atoms with E-state index in [-0.39, 0.29) is 18.1 Å². The van der Waals surface area contributed by atoms with Gasteiger partial charge in [0.1, 0.15) is 11.9 Å². The molecule has 1 aromatic heterocycles. The number of esters is 1. The smallest absolute Gasteiger partial charge is 0.309 e. The molecule has 0 spiro atoms. The second kappa shape index (κ2) is 12.4. The number of ketones is 1. The maximum Gasteiger partial charge on any atom is 0.309 e. The van der Waals surface area contributed by atoms with Crippen molar-refractivity contribution in [1.29, 1.82) is 0 Å². The molecule has 33 heavy (non-hydrogen) atoms. The normalized spacial score (nSPS) is 32.8. The first kappa shape index (κ1) is 27.2. The summed E-state index contributed by atoms with van der Waals surface area (Å²) in [5.41, 5.74) is 2.69. The van der Waals surface area contributed by atoms with E-state index >= 15 is 0 Å². The minimum absolute atomic E-state index is 0.116. The maximum absolute atomic E-state index is 12.8. The molecule has 0 fully saturated rings. The summed E-state index contributed by atoms with van der Waals surface area (Å²) in [5.74, 6) is -2.36. The highest BCUT2D eigenvalue weighted by molar-refractivity contribution is 7.09. The van der Waals surface area contributed by atoms with Crippen molar-refractivity contribution in [3.8, 4) is 0 Å². The summed E-state index contributed by atoms with van der Waals surface area (Å²) in [4.78, 5) is 29.9. The van der Waals surface area contributed by atoms with Gasteiger partial charge in [0, 0.05) is 23.6 Å². The predicted molar refractivity (Wildman–Crippen MR) is 132 cm³/mol. The molecule has 1 aliphatic rings. The number of carbonyl (C=O) groups excluding carboxylic acids is 2. The maximum atomic E-state index is 12.8. The fraction of sp³-hybridized carbons (Fsp3) is 0.577. The van der Waals surface area contributed by atoms with Gasteiger partial charge < -0.3 is 14.9 Å². The number of hydrogen-bond donors (Lipinski definition) is 2. The minimum Gasteiger partial charge on any atom is -0.457 e. The van der Waals surface area contributed by atoms with Gasteiger partial charge >= 0.3 is 5.97 Å². The Morgan fingerprint density at radius 3 is 2.48 bits per heavy atom. The van der Waals surface area contributed by atoms with Crippen LogP contribution in [-0.4, -0.2) is 45.3 Å². The fourth-order valence-corrected chi connectivity index (χ4v) is 4.46. The van der Waals surface area contributed by atoms with Crippen LogP contribution in [0.4, 0.5) is 0 Å². The van der Waals surface area contributed by atoms with E-state index in [0.29, 0.717) is 12.8 Å². The summed E-state index contributed by atoms with van der Waals surface area (Å²) in [6.45, 7) is 11.0. The number of aliphatic hydroxyl groups excluding tert-OH is 2. The van der Waals surface area contributed by atoms with E-state index in [2.05, 4.69) is 4.98 Å². The fourth-order valence-electron chi connectivity index (χ4n) is 3.89. The second-order valence-electron chi connectivity index (χ2n) is 9.20. The standard InChI is InChI=1S/C26H37NO5S/c1-15-8-7-9-16(2)25(30)19(5)26(31)18(4)22(28)13-24(29)32-23(11-10-15)17(3)12-21-14-33-20(6)27-21/h7-8,10,12,14,16,18-19,22-23,25,28,30H,9,11,13H2,1-6H3/b8-7?,15-10-,17-12+/t16-,18?,19+,22-,23-,25-/m0/s1. The topological polar surface area (TPSA) is 96.7 Å². The number of aliphatic hydroxyl groups is 2. The lowest BCUT2D eigenvalue weighted by atomic mass is 9.82. The zero-order valence-electron chi connectivity index (χ0n) is 20.4. The summed E-state index contributed by atoms with van der Waals surface area (Å²) < 4.78 is 5.74. The third-order valence-electron chi connectivity index (χ3n) is 6.28. The Balaban J connectivity index is 2.32. The Labute approximate surface area is 201 Å². The number of cyclic esters (lactones) is 1. The monoisotopic (exact) mass is 475 g/mol. The van der Waals surface area contributed by atoms with E-state index in [1.165, 1.54) is 0 Å². The molecule has 1 aromatic rings. The van der Waals surface area contributed by atoms with Crippen molar-refractivity contribution in [2.24, 2.45) is 17.8 Å². The summed E-state index contributed by atoms with van der Waals surface area (Å²) in [5, 5.41) is 24.1. The van der Waals surface area contributed by atoms with Crippen LogP contribution in [0.2, 0.25) is 0 Å². The van der Waals surface area contributed by atoms with Crippen molar-refractivity contribution < 1.29 is 24.5 Å². The van der Waals surface area contributed by atoms with Crippen molar-refractivity contribution in [3.05, 3.63) is 45.5 Å². The minimum atomic E-state index is -1.17. The van der Waals surface area contributed by atoms with Crippen LogP contribution in [0.5, 0.6) is 0 Å². The first-order valence-corrected chi connectivity index (χ1v) is 12.4. The first-order chi connectivity index (χ1) is 15.5. The number of aryl methyl sites for hydroxylation is 1. The number of carbonyl (C=O) groups is 2. The molecule has 7 heteroatoms. The van der Waals surface area contributed by atoms with Crippen LogP contribution in [0.3, 0.4) is 0 Å². The molecule has 182 valence electrons. The van der Waals surface area contributed by atoms with Crippen LogP contribution < -0.4 is 0 Å². The van der Waals surface area contributed by atoms with E-state index in [1.807, 2.05) is 57.4 Å². The number of allylic oxidation sites excluding steroid dienone is 3. The molecule has 0 amide bonds. The number of thiazole rings is 1. The largest absolute Gasteiger partial charge is 0.457 e. The van der Waals surface area contributed by atoms with E-state index in [1.54, 1.807) is 25.2 Å². The Morgan fingerprint density at radius 2 is 1.85 bits per heavy atom. The third-order valence-corrected chi connectivity index (χ3v) is 7.07. The summed E-state index contributed by atoms with van der Waals surface area (Å²) in [7, 11) is 0. The quantitative estimate of drug-likeness (QED) is 0.604. The Morgan fingerprint density at radius 1 is 1.15 bits per heavy atom. The van der Waals surface area contributed by atoms with E-state index < -0.39 is 36.1 Å². The van der Waals surface area contributed by atoms with Crippen LogP contribution in [0.15, 0.2) is 34.8 Å². The molecule has 2 N–H and O–H groups in total. The van der Waals surface area contributed by atoms with Gasteiger partial charge in [0.15, 0.2) is 0 Å². The molecule has 0 saturated heterocycles. The molecule has 2 heterocycles. The number of aromatic nitrogens is 1. The predicted octanol–water partition coefficient (Wildman–Crippen LogP) is 4.65. The molecular formula is C26H37NO5S. The zero-order chi connectivity index (χ0) is 24.7. The molecule has 6 nitrogen and oxygen atoms in total. The number of rotatable bonds is 2.